The fraction of sp³-hybridized carbons (Fsp3) is 0.385. The molecule has 1 aromatic carbocycles. The third kappa shape index (κ3) is 3.87. The van der Waals surface area contributed by atoms with Gasteiger partial charge >= 0.3 is 0 Å². The Bertz CT molecular complexity index is 486. The molecular formula is C13H19N3O3. The molecule has 0 spiro atoms. The van der Waals surface area contributed by atoms with Crippen molar-refractivity contribution in [1.29, 1.82) is 0 Å². The van der Waals surface area contributed by atoms with Crippen LogP contribution in [0.1, 0.15) is 24.2 Å². The Morgan fingerprint density at radius 3 is 2.53 bits per heavy atom. The average Bonchev–Trinajstić information content (AvgIpc) is 2.34. The van der Waals surface area contributed by atoms with Gasteiger partial charge in [0.05, 0.1) is 5.56 Å². The SMILES string of the molecule is CC(C)N(C)C(=O)COc1cc(N)ccc1C(N)=O. The van der Waals surface area contributed by atoms with Gasteiger partial charge in [-0.25, -0.2) is 0 Å². The van der Waals surface area contributed by atoms with Crippen molar-refractivity contribution >= 4 is 17.5 Å². The number of likely N-dealkylation sites (N-methyl/N-ethyl adjacent to an activating group) is 1. The molecule has 104 valence electrons. The molecule has 6 heteroatoms. The molecule has 2 amide bonds. The van der Waals surface area contributed by atoms with Crippen LogP contribution < -0.4 is 16.2 Å². The van der Waals surface area contributed by atoms with Gasteiger partial charge in [0.2, 0.25) is 0 Å². The fourth-order valence-corrected chi connectivity index (χ4v) is 1.39. The third-order valence-electron chi connectivity index (χ3n) is 2.79. The minimum atomic E-state index is -0.625. The third-order valence-corrected chi connectivity index (χ3v) is 2.79. The van der Waals surface area contributed by atoms with Gasteiger partial charge in [-0.05, 0) is 26.0 Å². The molecule has 0 atom stereocenters. The lowest BCUT2D eigenvalue weighted by Crippen LogP contribution is -2.36. The van der Waals surface area contributed by atoms with E-state index < -0.39 is 5.91 Å². The molecule has 0 aromatic heterocycles. The van der Waals surface area contributed by atoms with Gasteiger partial charge in [0, 0.05) is 24.8 Å². The molecule has 0 aliphatic heterocycles. The number of nitrogens with two attached hydrogens (primary N) is 2. The molecule has 0 fully saturated rings. The van der Waals surface area contributed by atoms with Crippen LogP contribution in [0.3, 0.4) is 0 Å². The molecule has 19 heavy (non-hydrogen) atoms. The molecule has 0 unspecified atom stereocenters. The number of ether oxygens (including phenoxy) is 1. The predicted molar refractivity (Wildman–Crippen MR) is 72.8 cm³/mol. The summed E-state index contributed by atoms with van der Waals surface area (Å²) >= 11 is 0. The molecule has 0 bridgehead atoms. The van der Waals surface area contributed by atoms with E-state index in [1.54, 1.807) is 18.0 Å². The van der Waals surface area contributed by atoms with Crippen LogP contribution in [0.2, 0.25) is 0 Å². The lowest BCUT2D eigenvalue weighted by atomic mass is 10.1. The second kappa shape index (κ2) is 6.08. The van der Waals surface area contributed by atoms with Crippen LogP contribution in [0.4, 0.5) is 5.69 Å². The highest BCUT2D eigenvalue weighted by molar-refractivity contribution is 5.96. The normalized spacial score (nSPS) is 10.3. The van der Waals surface area contributed by atoms with Crippen molar-refractivity contribution in [3.05, 3.63) is 23.8 Å². The number of amides is 2. The van der Waals surface area contributed by atoms with E-state index in [-0.39, 0.29) is 29.9 Å². The molecule has 0 aliphatic rings. The first kappa shape index (κ1) is 14.8. The number of nitrogen functional groups attached to an aromatic ring is 1. The largest absolute Gasteiger partial charge is 0.483 e. The predicted octanol–water partition coefficient (Wildman–Crippen LogP) is 0.613. The highest BCUT2D eigenvalue weighted by Crippen LogP contribution is 2.21. The molecule has 4 N–H and O–H groups in total. The Kier molecular flexibility index (Phi) is 4.74. The van der Waals surface area contributed by atoms with Crippen molar-refractivity contribution in [3.63, 3.8) is 0 Å². The Balaban J connectivity index is 2.80. The van der Waals surface area contributed by atoms with Gasteiger partial charge in [-0.2, -0.15) is 0 Å². The van der Waals surface area contributed by atoms with E-state index in [2.05, 4.69) is 0 Å². The van der Waals surface area contributed by atoms with Gasteiger partial charge in [0.25, 0.3) is 11.8 Å². The molecule has 0 saturated heterocycles. The van der Waals surface area contributed by atoms with Gasteiger partial charge < -0.3 is 21.1 Å². The number of rotatable bonds is 5. The van der Waals surface area contributed by atoms with Crippen LogP contribution in [0.15, 0.2) is 18.2 Å². The first-order chi connectivity index (χ1) is 8.82. The van der Waals surface area contributed by atoms with E-state index in [9.17, 15) is 9.59 Å². The first-order valence-electron chi connectivity index (χ1n) is 5.90. The highest BCUT2D eigenvalue weighted by atomic mass is 16.5. The maximum absolute atomic E-state index is 11.8. The molecule has 0 heterocycles. The van der Waals surface area contributed by atoms with Crippen LogP contribution in [-0.4, -0.2) is 36.4 Å². The number of nitrogens with zero attached hydrogens (tertiary/aromatic N) is 1. The summed E-state index contributed by atoms with van der Waals surface area (Å²) in [5.41, 5.74) is 11.5. The maximum atomic E-state index is 11.8. The van der Waals surface area contributed by atoms with Gasteiger partial charge in [0.15, 0.2) is 6.61 Å². The molecular weight excluding hydrogens is 246 g/mol. The van der Waals surface area contributed by atoms with Gasteiger partial charge in [0.1, 0.15) is 5.75 Å². The standard InChI is InChI=1S/C13H19N3O3/c1-8(2)16(3)12(17)7-19-11-6-9(14)4-5-10(11)13(15)18/h4-6,8H,7,14H2,1-3H3,(H2,15,18). The summed E-state index contributed by atoms with van der Waals surface area (Å²) in [5.74, 6) is -0.592. The fourth-order valence-electron chi connectivity index (χ4n) is 1.39. The summed E-state index contributed by atoms with van der Waals surface area (Å²) in [7, 11) is 1.69. The van der Waals surface area contributed by atoms with Crippen molar-refractivity contribution in [1.82, 2.24) is 4.90 Å². The Morgan fingerprint density at radius 2 is 2.00 bits per heavy atom. The zero-order valence-electron chi connectivity index (χ0n) is 11.3. The number of hydrogen-bond donors (Lipinski definition) is 2. The van der Waals surface area contributed by atoms with Crippen LogP contribution >= 0.6 is 0 Å². The quantitative estimate of drug-likeness (QED) is 0.762. The molecule has 6 nitrogen and oxygen atoms in total. The number of primary amides is 1. The van der Waals surface area contributed by atoms with E-state index in [0.717, 1.165) is 0 Å². The minimum Gasteiger partial charge on any atom is -0.483 e. The van der Waals surface area contributed by atoms with Crippen molar-refractivity contribution < 1.29 is 14.3 Å². The number of anilines is 1. The molecule has 0 saturated carbocycles. The second-order valence-electron chi connectivity index (χ2n) is 4.51. The lowest BCUT2D eigenvalue weighted by Gasteiger charge is -2.21. The van der Waals surface area contributed by atoms with Gasteiger partial charge in [-0.3, -0.25) is 9.59 Å². The summed E-state index contributed by atoms with van der Waals surface area (Å²) in [6.07, 6.45) is 0. The van der Waals surface area contributed by atoms with Crippen molar-refractivity contribution in [2.45, 2.75) is 19.9 Å². The Morgan fingerprint density at radius 1 is 1.37 bits per heavy atom. The lowest BCUT2D eigenvalue weighted by molar-refractivity contribution is -0.133. The molecule has 1 aromatic rings. The summed E-state index contributed by atoms with van der Waals surface area (Å²) in [4.78, 5) is 24.6. The van der Waals surface area contributed by atoms with E-state index >= 15 is 0 Å². The van der Waals surface area contributed by atoms with E-state index in [1.165, 1.54) is 12.1 Å². The van der Waals surface area contributed by atoms with E-state index in [0.29, 0.717) is 5.69 Å². The maximum Gasteiger partial charge on any atom is 0.260 e. The Hall–Kier alpha value is -2.24. The number of carbonyl (C=O) groups excluding carboxylic acids is 2. The number of carbonyl (C=O) groups is 2. The van der Waals surface area contributed by atoms with Crippen LogP contribution in [-0.2, 0) is 4.79 Å². The van der Waals surface area contributed by atoms with Gasteiger partial charge in [-0.15, -0.1) is 0 Å². The monoisotopic (exact) mass is 265 g/mol. The summed E-state index contributed by atoms with van der Waals surface area (Å²) < 4.78 is 5.34. The Labute approximate surface area is 112 Å². The van der Waals surface area contributed by atoms with Crippen molar-refractivity contribution in [2.24, 2.45) is 5.73 Å². The molecule has 0 aliphatic carbocycles. The summed E-state index contributed by atoms with van der Waals surface area (Å²) in [5, 5.41) is 0. The summed E-state index contributed by atoms with van der Waals surface area (Å²) in [6.45, 7) is 3.62. The smallest absolute Gasteiger partial charge is 0.260 e. The van der Waals surface area contributed by atoms with E-state index in [4.69, 9.17) is 16.2 Å². The first-order valence-corrected chi connectivity index (χ1v) is 5.90. The number of benzene rings is 1. The topological polar surface area (TPSA) is 98.7 Å². The second-order valence-corrected chi connectivity index (χ2v) is 4.51. The van der Waals surface area contributed by atoms with Crippen LogP contribution in [0.5, 0.6) is 5.75 Å². The van der Waals surface area contributed by atoms with Crippen LogP contribution in [0.25, 0.3) is 0 Å². The van der Waals surface area contributed by atoms with Crippen molar-refractivity contribution in [3.8, 4) is 5.75 Å². The molecule has 1 rings (SSSR count). The summed E-state index contributed by atoms with van der Waals surface area (Å²) in [6, 6.07) is 4.58. The van der Waals surface area contributed by atoms with Gasteiger partial charge in [-0.1, -0.05) is 0 Å². The highest BCUT2D eigenvalue weighted by Gasteiger charge is 2.15. The minimum absolute atomic E-state index is 0.0764. The van der Waals surface area contributed by atoms with Crippen molar-refractivity contribution in [2.75, 3.05) is 19.4 Å². The van der Waals surface area contributed by atoms with E-state index in [1.807, 2.05) is 13.8 Å². The molecule has 0 radical (unpaired) electrons. The number of hydrogen-bond acceptors (Lipinski definition) is 4. The zero-order chi connectivity index (χ0) is 14.6. The zero-order valence-corrected chi connectivity index (χ0v) is 11.3. The average molecular weight is 265 g/mol. The van der Waals surface area contributed by atoms with Crippen LogP contribution in [0, 0.1) is 0 Å².